The number of methoxy groups -OCH3 is 1. The van der Waals surface area contributed by atoms with Gasteiger partial charge in [0.2, 0.25) is 0 Å². The number of carbonyl (C=O) groups is 2. The maximum Gasteiger partial charge on any atom is 0.434 e. The van der Waals surface area contributed by atoms with Crippen molar-refractivity contribution in [2.75, 3.05) is 7.11 Å². The van der Waals surface area contributed by atoms with Crippen LogP contribution < -0.4 is 0 Å². The summed E-state index contributed by atoms with van der Waals surface area (Å²) in [5, 5.41) is 3.75. The molecule has 0 atom stereocenters. The largest absolute Gasteiger partial charge is 0.465 e. The molecule has 0 fully saturated rings. The highest BCUT2D eigenvalue weighted by Crippen LogP contribution is 2.38. The molecule has 0 unspecified atom stereocenters. The first-order chi connectivity index (χ1) is 13.8. The van der Waals surface area contributed by atoms with E-state index in [2.05, 4.69) is 30.7 Å². The normalized spacial score (nSPS) is 12.0. The first-order valence-corrected chi connectivity index (χ1v) is 9.35. The molecule has 0 saturated carbocycles. The molecule has 164 valence electrons. The van der Waals surface area contributed by atoms with Gasteiger partial charge in [-0.05, 0) is 40.8 Å². The quantitative estimate of drug-likeness (QED) is 0.430. The molecule has 12 heteroatoms. The molecule has 2 rings (SSSR count). The number of hydrogen-bond acceptors (Lipinski definition) is 5. The van der Waals surface area contributed by atoms with Gasteiger partial charge in [-0.15, -0.1) is 0 Å². The van der Waals surface area contributed by atoms with Gasteiger partial charge in [0, 0.05) is 0 Å². The van der Waals surface area contributed by atoms with Crippen LogP contribution >= 0.6 is 15.9 Å². The van der Waals surface area contributed by atoms with Crippen molar-refractivity contribution in [3.8, 4) is 0 Å². The van der Waals surface area contributed by atoms with Gasteiger partial charge in [0.1, 0.15) is 5.69 Å². The van der Waals surface area contributed by atoms with Crippen LogP contribution in [-0.4, -0.2) is 33.8 Å². The Morgan fingerprint density at radius 1 is 1.23 bits per heavy atom. The van der Waals surface area contributed by atoms with Gasteiger partial charge in [-0.3, -0.25) is 4.79 Å². The van der Waals surface area contributed by atoms with E-state index in [-0.39, 0.29) is 18.0 Å². The number of ether oxygens (including phenoxy) is 1. The second-order valence-corrected chi connectivity index (χ2v) is 7.61. The fraction of sp³-hybridized carbons (Fsp3) is 0.444. The molecule has 6 nitrogen and oxygen atoms in total. The Morgan fingerprint density at radius 3 is 2.23 bits per heavy atom. The number of hydrogen-bond donors (Lipinski definition) is 0. The fourth-order valence-electron chi connectivity index (χ4n) is 2.89. The Hall–Kier alpha value is -2.37. The Morgan fingerprint density at radius 2 is 1.83 bits per heavy atom. The SMILES string of the molecule is COC(=O)c1c(C(F)F)nc(C(F)(F)F)c(C(=O)n2ncc(Br)c2C)c1CC(C)C. The molecule has 0 bridgehead atoms. The lowest BCUT2D eigenvalue weighted by Gasteiger charge is -2.22. The number of rotatable bonds is 5. The fourth-order valence-corrected chi connectivity index (χ4v) is 3.15. The standard InChI is InChI=1S/C18H17BrF5N3O3/c1-7(2)5-9-11(17(29)30-4)13(15(20)21)26-14(18(22,23)24)12(9)16(28)27-8(3)10(19)6-25-27/h6-7,15H,5H2,1-4H3. The Labute approximate surface area is 176 Å². The third-order valence-electron chi connectivity index (χ3n) is 4.16. The topological polar surface area (TPSA) is 74.1 Å². The van der Waals surface area contributed by atoms with E-state index in [1.54, 1.807) is 13.8 Å². The minimum atomic E-state index is -5.24. The van der Waals surface area contributed by atoms with Gasteiger partial charge >= 0.3 is 12.1 Å². The predicted molar refractivity (Wildman–Crippen MR) is 98.5 cm³/mol. The summed E-state index contributed by atoms with van der Waals surface area (Å²) in [7, 11) is 0.894. The van der Waals surface area contributed by atoms with Crippen LogP contribution in [0.4, 0.5) is 22.0 Å². The zero-order chi connectivity index (χ0) is 23.0. The number of esters is 1. The van der Waals surface area contributed by atoms with E-state index in [0.717, 1.165) is 7.11 Å². The summed E-state index contributed by atoms with van der Waals surface area (Å²) in [6, 6.07) is 0. The van der Waals surface area contributed by atoms with Crippen LogP contribution in [0.1, 0.15) is 63.6 Å². The molecule has 0 aliphatic rings. The van der Waals surface area contributed by atoms with Crippen molar-refractivity contribution in [2.45, 2.75) is 39.8 Å². The maximum atomic E-state index is 13.8. The smallest absolute Gasteiger partial charge is 0.434 e. The van der Waals surface area contributed by atoms with Crippen LogP contribution in [0, 0.1) is 12.8 Å². The van der Waals surface area contributed by atoms with E-state index in [4.69, 9.17) is 0 Å². The van der Waals surface area contributed by atoms with Gasteiger partial charge < -0.3 is 4.74 Å². The van der Waals surface area contributed by atoms with Crippen LogP contribution in [0.2, 0.25) is 0 Å². The number of pyridine rings is 1. The molecule has 0 saturated heterocycles. The highest BCUT2D eigenvalue weighted by molar-refractivity contribution is 9.10. The van der Waals surface area contributed by atoms with Crippen LogP contribution in [0.25, 0.3) is 0 Å². The van der Waals surface area contributed by atoms with Crippen molar-refractivity contribution >= 4 is 27.8 Å². The third-order valence-corrected chi connectivity index (χ3v) is 4.94. The van der Waals surface area contributed by atoms with Crippen molar-refractivity contribution < 1.29 is 36.3 Å². The van der Waals surface area contributed by atoms with E-state index in [1.165, 1.54) is 13.1 Å². The molecule has 2 aromatic heterocycles. The summed E-state index contributed by atoms with van der Waals surface area (Å²) in [5.41, 5.74) is -5.38. The van der Waals surface area contributed by atoms with Crippen molar-refractivity contribution in [1.82, 2.24) is 14.8 Å². The van der Waals surface area contributed by atoms with Crippen molar-refractivity contribution in [3.63, 3.8) is 0 Å². The third kappa shape index (κ3) is 4.52. The zero-order valence-corrected chi connectivity index (χ0v) is 17.9. The minimum Gasteiger partial charge on any atom is -0.465 e. The lowest BCUT2D eigenvalue weighted by Crippen LogP contribution is -2.28. The van der Waals surface area contributed by atoms with Gasteiger partial charge in [0.25, 0.3) is 12.3 Å². The zero-order valence-electron chi connectivity index (χ0n) is 16.3. The van der Waals surface area contributed by atoms with Crippen LogP contribution in [-0.2, 0) is 17.3 Å². The first-order valence-electron chi connectivity index (χ1n) is 8.56. The highest BCUT2D eigenvalue weighted by atomic mass is 79.9. The average molecular weight is 498 g/mol. The Bertz CT molecular complexity index is 986. The molecule has 0 amide bonds. The molecule has 0 aliphatic carbocycles. The predicted octanol–water partition coefficient (Wildman–Crippen LogP) is 4.98. The molecule has 0 radical (unpaired) electrons. The van der Waals surface area contributed by atoms with Gasteiger partial charge in [-0.25, -0.2) is 18.6 Å². The monoisotopic (exact) mass is 497 g/mol. The molecular weight excluding hydrogens is 481 g/mol. The summed E-state index contributed by atoms with van der Waals surface area (Å²) < 4.78 is 74.1. The van der Waals surface area contributed by atoms with Gasteiger partial charge in [-0.1, -0.05) is 13.8 Å². The molecule has 2 aromatic rings. The molecular formula is C18H17BrF5N3O3. The van der Waals surface area contributed by atoms with Crippen molar-refractivity contribution in [1.29, 1.82) is 0 Å². The Kier molecular flexibility index (Phi) is 7.00. The second kappa shape index (κ2) is 8.78. The van der Waals surface area contributed by atoms with Crippen molar-refractivity contribution in [2.24, 2.45) is 5.92 Å². The molecule has 0 N–H and O–H groups in total. The lowest BCUT2D eigenvalue weighted by molar-refractivity contribution is -0.141. The summed E-state index contributed by atoms with van der Waals surface area (Å²) in [6.45, 7) is 4.62. The van der Waals surface area contributed by atoms with E-state index in [0.29, 0.717) is 9.15 Å². The number of carbonyl (C=O) groups excluding carboxylic acids is 2. The summed E-state index contributed by atoms with van der Waals surface area (Å²) in [4.78, 5) is 28.4. The minimum absolute atomic E-state index is 0.182. The van der Waals surface area contributed by atoms with Gasteiger partial charge in [0.15, 0.2) is 5.69 Å². The van der Waals surface area contributed by atoms with Crippen molar-refractivity contribution in [3.05, 3.63) is 44.4 Å². The van der Waals surface area contributed by atoms with Gasteiger partial charge in [-0.2, -0.15) is 23.0 Å². The molecule has 0 spiro atoms. The highest BCUT2D eigenvalue weighted by Gasteiger charge is 2.43. The first kappa shape index (κ1) is 23.9. The van der Waals surface area contributed by atoms with E-state index < -0.39 is 52.6 Å². The summed E-state index contributed by atoms with van der Waals surface area (Å²) in [6.07, 6.45) is -7.83. The van der Waals surface area contributed by atoms with Crippen LogP contribution in [0.3, 0.4) is 0 Å². The molecule has 30 heavy (non-hydrogen) atoms. The van der Waals surface area contributed by atoms with Gasteiger partial charge in [0.05, 0.1) is 34.6 Å². The van der Waals surface area contributed by atoms with Crippen LogP contribution in [0.5, 0.6) is 0 Å². The lowest BCUT2D eigenvalue weighted by atomic mass is 9.90. The number of halogens is 6. The molecule has 0 aromatic carbocycles. The summed E-state index contributed by atoms with van der Waals surface area (Å²) >= 11 is 3.11. The van der Waals surface area contributed by atoms with E-state index in [1.807, 2.05) is 0 Å². The number of nitrogens with zero attached hydrogens (tertiary/aromatic N) is 3. The summed E-state index contributed by atoms with van der Waals surface area (Å²) in [5.74, 6) is -2.95. The Balaban J connectivity index is 3.04. The molecule has 0 aliphatic heterocycles. The van der Waals surface area contributed by atoms with Crippen LogP contribution in [0.15, 0.2) is 10.7 Å². The second-order valence-electron chi connectivity index (χ2n) is 6.76. The molecule has 2 heterocycles. The van der Waals surface area contributed by atoms with E-state index in [9.17, 15) is 31.5 Å². The number of alkyl halides is 5. The maximum absolute atomic E-state index is 13.8. The average Bonchev–Trinajstić information content (AvgIpc) is 2.97. The number of aromatic nitrogens is 3. The van der Waals surface area contributed by atoms with E-state index >= 15 is 0 Å².